The molecule has 1 heterocycles. The zero-order chi connectivity index (χ0) is 23.9. The minimum Gasteiger partial charge on any atom is -0.497 e. The van der Waals surface area contributed by atoms with E-state index in [2.05, 4.69) is 20.7 Å². The number of halogens is 1. The van der Waals surface area contributed by atoms with Crippen LogP contribution in [0.15, 0.2) is 72.8 Å². The van der Waals surface area contributed by atoms with Gasteiger partial charge in [0.2, 0.25) is 11.9 Å². The lowest BCUT2D eigenvalue weighted by atomic mass is 10.2. The summed E-state index contributed by atoms with van der Waals surface area (Å²) in [6.45, 7) is 0.869. The number of methoxy groups -OCH3 is 2. The molecule has 0 unspecified atom stereocenters. The molecule has 0 spiro atoms. The van der Waals surface area contributed by atoms with Gasteiger partial charge in [0.1, 0.15) is 17.3 Å². The molecule has 4 aromatic rings. The predicted octanol–water partition coefficient (Wildman–Crippen LogP) is 4.35. The largest absolute Gasteiger partial charge is 0.497 e. The fraction of sp³-hybridized carbons (Fsp3) is 0.160. The van der Waals surface area contributed by atoms with Crippen molar-refractivity contribution in [3.05, 3.63) is 95.3 Å². The second kappa shape index (κ2) is 10.5. The van der Waals surface area contributed by atoms with Crippen LogP contribution in [0.4, 0.5) is 16.3 Å². The van der Waals surface area contributed by atoms with Crippen LogP contribution in [0.2, 0.25) is 0 Å². The molecule has 8 nitrogen and oxygen atoms in total. The van der Waals surface area contributed by atoms with Gasteiger partial charge >= 0.3 is 0 Å². The summed E-state index contributed by atoms with van der Waals surface area (Å²) in [5, 5.41) is 10.6. The monoisotopic (exact) mass is 461 g/mol. The van der Waals surface area contributed by atoms with E-state index in [1.165, 1.54) is 28.9 Å². The van der Waals surface area contributed by atoms with Crippen LogP contribution in [0.5, 0.6) is 11.5 Å². The third-order valence-electron chi connectivity index (χ3n) is 5.11. The van der Waals surface area contributed by atoms with E-state index in [0.29, 0.717) is 18.7 Å². The zero-order valence-electron chi connectivity index (χ0n) is 18.8. The molecule has 9 heteroatoms. The minimum absolute atomic E-state index is 0.266. The highest BCUT2D eigenvalue weighted by Crippen LogP contribution is 2.17. The maximum absolute atomic E-state index is 13.3. The Kier molecular flexibility index (Phi) is 7.02. The Morgan fingerprint density at radius 1 is 0.824 bits per heavy atom. The number of benzene rings is 3. The molecule has 1 aromatic heterocycles. The van der Waals surface area contributed by atoms with Gasteiger partial charge in [-0.3, -0.25) is 4.79 Å². The summed E-state index contributed by atoms with van der Waals surface area (Å²) < 4.78 is 24.9. The van der Waals surface area contributed by atoms with Crippen molar-refractivity contribution in [2.75, 3.05) is 24.9 Å². The number of aromatic nitrogens is 3. The number of hydrogen-bond acceptors (Lipinski definition) is 7. The van der Waals surface area contributed by atoms with Gasteiger partial charge < -0.3 is 20.1 Å². The molecule has 0 amide bonds. The average molecular weight is 461 g/mol. The maximum atomic E-state index is 13.3. The molecule has 174 valence electrons. The maximum Gasteiger partial charge on any atom is 0.281 e. The summed E-state index contributed by atoms with van der Waals surface area (Å²) in [6.07, 6.45) is 0. The first kappa shape index (κ1) is 22.8. The van der Waals surface area contributed by atoms with Crippen molar-refractivity contribution in [1.82, 2.24) is 14.8 Å². The molecule has 0 radical (unpaired) electrons. The molecule has 0 atom stereocenters. The molecule has 2 N–H and O–H groups in total. The van der Waals surface area contributed by atoms with Gasteiger partial charge in [-0.1, -0.05) is 24.3 Å². The van der Waals surface area contributed by atoms with Gasteiger partial charge in [0.25, 0.3) is 5.91 Å². The van der Waals surface area contributed by atoms with E-state index in [0.717, 1.165) is 22.6 Å². The fourth-order valence-corrected chi connectivity index (χ4v) is 3.21. The van der Waals surface area contributed by atoms with Crippen LogP contribution in [0.25, 0.3) is 0 Å². The molecule has 0 aliphatic carbocycles. The number of nitrogens with zero attached hydrogens (tertiary/aromatic N) is 3. The summed E-state index contributed by atoms with van der Waals surface area (Å²) in [7, 11) is 3.22. The van der Waals surface area contributed by atoms with Gasteiger partial charge in [-0.05, 0) is 59.7 Å². The van der Waals surface area contributed by atoms with E-state index in [4.69, 9.17) is 9.47 Å². The van der Waals surface area contributed by atoms with Gasteiger partial charge in [0.05, 0.1) is 14.2 Å². The minimum atomic E-state index is -0.428. The third kappa shape index (κ3) is 5.50. The Balaban J connectivity index is 1.54. The van der Waals surface area contributed by atoms with Crippen LogP contribution < -0.4 is 20.1 Å². The Hall–Kier alpha value is -4.40. The molecule has 3 aromatic carbocycles. The topological polar surface area (TPSA) is 90.3 Å². The van der Waals surface area contributed by atoms with Crippen LogP contribution >= 0.6 is 0 Å². The number of carbonyl (C=O) groups excluding carboxylic acids is 1. The Morgan fingerprint density at radius 2 is 1.35 bits per heavy atom. The van der Waals surface area contributed by atoms with Crippen molar-refractivity contribution >= 4 is 17.8 Å². The number of ether oxygens (including phenoxy) is 2. The summed E-state index contributed by atoms with van der Waals surface area (Å²) in [6, 6.07) is 20.4. The number of rotatable bonds is 9. The first-order valence-corrected chi connectivity index (χ1v) is 10.6. The van der Waals surface area contributed by atoms with E-state index >= 15 is 0 Å². The molecule has 34 heavy (non-hydrogen) atoms. The molecular formula is C25H24FN5O3. The van der Waals surface area contributed by atoms with E-state index in [1.54, 1.807) is 14.2 Å². The van der Waals surface area contributed by atoms with Gasteiger partial charge in [-0.25, -0.2) is 4.39 Å². The van der Waals surface area contributed by atoms with E-state index < -0.39 is 11.7 Å². The molecule has 0 saturated heterocycles. The number of hydrogen-bond donors (Lipinski definition) is 2. The van der Waals surface area contributed by atoms with Crippen molar-refractivity contribution in [2.45, 2.75) is 13.1 Å². The van der Waals surface area contributed by atoms with Crippen LogP contribution in [-0.2, 0) is 13.1 Å². The Bertz CT molecular complexity index is 1240. The van der Waals surface area contributed by atoms with Crippen LogP contribution in [-0.4, -0.2) is 34.9 Å². The SMILES string of the molecule is COc1ccc(CNc2nc(NCc3ccc(OC)cc3)n(C(=O)c3ccc(F)cc3)n2)cc1. The lowest BCUT2D eigenvalue weighted by Crippen LogP contribution is -2.17. The Morgan fingerprint density at radius 3 is 1.88 bits per heavy atom. The Labute approximate surface area is 196 Å². The molecule has 0 saturated carbocycles. The van der Waals surface area contributed by atoms with Gasteiger partial charge in [0, 0.05) is 18.7 Å². The van der Waals surface area contributed by atoms with E-state index in [1.807, 2.05) is 48.5 Å². The van der Waals surface area contributed by atoms with Crippen molar-refractivity contribution in [1.29, 1.82) is 0 Å². The fourth-order valence-electron chi connectivity index (χ4n) is 3.21. The number of carbonyl (C=O) groups is 1. The summed E-state index contributed by atoms with van der Waals surface area (Å²) in [5.74, 6) is 1.22. The molecule has 0 aliphatic heterocycles. The third-order valence-corrected chi connectivity index (χ3v) is 5.11. The average Bonchev–Trinajstić information content (AvgIpc) is 3.30. The quantitative estimate of drug-likeness (QED) is 0.383. The molecule has 0 fully saturated rings. The van der Waals surface area contributed by atoms with Gasteiger partial charge in [-0.2, -0.15) is 9.67 Å². The molecule has 0 aliphatic rings. The van der Waals surface area contributed by atoms with Gasteiger partial charge in [0.15, 0.2) is 0 Å². The highest BCUT2D eigenvalue weighted by Gasteiger charge is 2.18. The number of nitrogens with one attached hydrogen (secondary N) is 2. The first-order chi connectivity index (χ1) is 16.6. The summed E-state index contributed by atoms with van der Waals surface area (Å²) >= 11 is 0. The van der Waals surface area contributed by atoms with Crippen molar-refractivity contribution < 1.29 is 18.7 Å². The summed E-state index contributed by atoms with van der Waals surface area (Å²) in [5.41, 5.74) is 2.26. The number of anilines is 2. The standard InChI is InChI=1S/C25H24FN5O3/c1-33-21-11-3-17(4-12-21)15-27-24-29-25(28-16-18-5-13-22(34-2)14-6-18)31(30-24)23(32)19-7-9-20(26)10-8-19/h3-14H,15-16H2,1-2H3,(H2,27,28,29,30). The highest BCUT2D eigenvalue weighted by molar-refractivity contribution is 5.97. The molecule has 4 rings (SSSR count). The van der Waals surface area contributed by atoms with Crippen molar-refractivity contribution in [3.8, 4) is 11.5 Å². The first-order valence-electron chi connectivity index (χ1n) is 10.6. The lowest BCUT2D eigenvalue weighted by molar-refractivity contribution is 0.0947. The van der Waals surface area contributed by atoms with E-state index in [9.17, 15) is 9.18 Å². The second-order valence-electron chi connectivity index (χ2n) is 7.39. The zero-order valence-corrected chi connectivity index (χ0v) is 18.8. The van der Waals surface area contributed by atoms with E-state index in [-0.39, 0.29) is 11.9 Å². The predicted molar refractivity (Wildman–Crippen MR) is 127 cm³/mol. The lowest BCUT2D eigenvalue weighted by Gasteiger charge is -2.08. The van der Waals surface area contributed by atoms with Crippen LogP contribution in [0.1, 0.15) is 21.5 Å². The second-order valence-corrected chi connectivity index (χ2v) is 7.39. The molecular weight excluding hydrogens is 437 g/mol. The highest BCUT2D eigenvalue weighted by atomic mass is 19.1. The van der Waals surface area contributed by atoms with Crippen LogP contribution in [0, 0.1) is 5.82 Å². The smallest absolute Gasteiger partial charge is 0.281 e. The molecule has 0 bridgehead atoms. The van der Waals surface area contributed by atoms with Crippen molar-refractivity contribution in [3.63, 3.8) is 0 Å². The normalized spacial score (nSPS) is 10.6. The van der Waals surface area contributed by atoms with Crippen LogP contribution in [0.3, 0.4) is 0 Å². The van der Waals surface area contributed by atoms with Crippen molar-refractivity contribution in [2.24, 2.45) is 0 Å². The van der Waals surface area contributed by atoms with Gasteiger partial charge in [-0.15, -0.1) is 5.10 Å². The summed E-state index contributed by atoms with van der Waals surface area (Å²) in [4.78, 5) is 17.5.